The van der Waals surface area contributed by atoms with Gasteiger partial charge in [0.2, 0.25) is 5.91 Å². The number of fused-ring (bicyclic) bond motifs is 1. The average molecular weight is 522 g/mol. The van der Waals surface area contributed by atoms with Gasteiger partial charge in [0.25, 0.3) is 5.91 Å². The van der Waals surface area contributed by atoms with Gasteiger partial charge < -0.3 is 30.4 Å². The molecule has 0 aliphatic carbocycles. The van der Waals surface area contributed by atoms with E-state index in [1.165, 1.54) is 11.0 Å². The maximum Gasteiger partial charge on any atom is 0.573 e. The first kappa shape index (κ1) is 24.7. The third-order valence-electron chi connectivity index (χ3n) is 6.41. The van der Waals surface area contributed by atoms with Crippen molar-refractivity contribution in [3.8, 4) is 5.75 Å². The van der Waals surface area contributed by atoms with Crippen LogP contribution >= 0.6 is 0 Å². The largest absolute Gasteiger partial charge is 0.573 e. The van der Waals surface area contributed by atoms with Crippen LogP contribution in [0.3, 0.4) is 0 Å². The first-order valence-corrected chi connectivity index (χ1v) is 11.5. The highest BCUT2D eigenvalue weighted by molar-refractivity contribution is 5.99. The lowest BCUT2D eigenvalue weighted by Gasteiger charge is -2.32. The lowest BCUT2D eigenvalue weighted by molar-refractivity contribution is -0.274. The van der Waals surface area contributed by atoms with Crippen LogP contribution in [0.25, 0.3) is 11.2 Å². The number of aromatic nitrogens is 3. The molecular formula is C23H22F4N6O4. The summed E-state index contributed by atoms with van der Waals surface area (Å²) in [6, 6.07) is 3.18. The zero-order valence-electron chi connectivity index (χ0n) is 19.3. The summed E-state index contributed by atoms with van der Waals surface area (Å²) in [6.45, 7) is 0.687. The molecule has 0 spiro atoms. The highest BCUT2D eigenvalue weighted by atomic mass is 19.4. The quantitative estimate of drug-likeness (QED) is 0.354. The van der Waals surface area contributed by atoms with Crippen LogP contribution in [0.1, 0.15) is 46.6 Å². The fraction of sp³-hybridized carbons (Fsp3) is 0.391. The number of anilines is 1. The third-order valence-corrected chi connectivity index (χ3v) is 6.41. The first-order valence-electron chi connectivity index (χ1n) is 11.5. The number of piperidine rings is 1. The molecule has 2 amide bonds. The van der Waals surface area contributed by atoms with Crippen LogP contribution in [0, 0.1) is 5.82 Å². The third kappa shape index (κ3) is 5.14. The Labute approximate surface area is 207 Å². The van der Waals surface area contributed by atoms with E-state index >= 15 is 0 Å². The Morgan fingerprint density at radius 2 is 2.00 bits per heavy atom. The van der Waals surface area contributed by atoms with Crippen molar-refractivity contribution in [2.45, 2.75) is 31.2 Å². The Hall–Kier alpha value is -3.94. The number of H-pyrrole nitrogens is 1. The second-order valence-electron chi connectivity index (χ2n) is 8.81. The Morgan fingerprint density at radius 3 is 2.65 bits per heavy atom. The summed E-state index contributed by atoms with van der Waals surface area (Å²) < 4.78 is 61.6. The predicted molar refractivity (Wildman–Crippen MR) is 121 cm³/mol. The van der Waals surface area contributed by atoms with Gasteiger partial charge in [-0.15, -0.1) is 13.2 Å². The minimum atomic E-state index is -4.87. The minimum Gasteiger partial charge on any atom is -0.406 e. The van der Waals surface area contributed by atoms with Crippen molar-refractivity contribution in [2.75, 3.05) is 32.0 Å². The normalized spacial score (nSPS) is 19.2. The molecule has 3 aromatic rings. The Bertz CT molecular complexity index is 1340. The number of amides is 2. The first-order chi connectivity index (χ1) is 17.6. The second kappa shape index (κ2) is 9.50. The number of halogens is 4. The molecule has 10 nitrogen and oxygen atoms in total. The number of nitrogens with one attached hydrogen (secondary N) is 2. The number of pyridine rings is 1. The molecule has 1 unspecified atom stereocenters. The monoisotopic (exact) mass is 522 g/mol. The van der Waals surface area contributed by atoms with Gasteiger partial charge in [0.1, 0.15) is 30.1 Å². The van der Waals surface area contributed by atoms with Gasteiger partial charge in [0.15, 0.2) is 5.65 Å². The van der Waals surface area contributed by atoms with Crippen molar-refractivity contribution in [2.24, 2.45) is 0 Å². The number of nitrogen functional groups attached to an aromatic ring is 1. The maximum absolute atomic E-state index is 14.9. The van der Waals surface area contributed by atoms with Crippen LogP contribution in [-0.2, 0) is 9.53 Å². The molecule has 2 aliphatic rings. The van der Waals surface area contributed by atoms with Crippen LogP contribution in [-0.4, -0.2) is 64.3 Å². The summed E-state index contributed by atoms with van der Waals surface area (Å²) in [6.07, 6.45) is -3.42. The Kier molecular flexibility index (Phi) is 6.35. The number of hydrogen-bond donors (Lipinski definition) is 3. The molecular weight excluding hydrogens is 500 g/mol. The molecule has 1 aromatic carbocycles. The van der Waals surface area contributed by atoms with Crippen LogP contribution in [0.5, 0.6) is 5.75 Å². The van der Waals surface area contributed by atoms with E-state index in [2.05, 4.69) is 25.0 Å². The lowest BCUT2D eigenvalue weighted by Crippen LogP contribution is -2.39. The smallest absolute Gasteiger partial charge is 0.406 e. The van der Waals surface area contributed by atoms with E-state index in [0.29, 0.717) is 35.4 Å². The number of rotatable bonds is 4. The molecule has 37 heavy (non-hydrogen) atoms. The van der Waals surface area contributed by atoms with Crippen LogP contribution < -0.4 is 15.8 Å². The van der Waals surface area contributed by atoms with Gasteiger partial charge in [0, 0.05) is 30.4 Å². The van der Waals surface area contributed by atoms with E-state index < -0.39 is 29.9 Å². The van der Waals surface area contributed by atoms with Gasteiger partial charge in [-0.25, -0.2) is 14.4 Å². The van der Waals surface area contributed by atoms with E-state index in [9.17, 15) is 27.2 Å². The number of aromatic amines is 1. The number of likely N-dealkylation sites (tertiary alicyclic amines) is 1. The number of morpholine rings is 1. The maximum atomic E-state index is 14.9. The number of carbonyl (C=O) groups is 2. The van der Waals surface area contributed by atoms with E-state index in [1.54, 1.807) is 0 Å². The standard InChI is InChI=1S/C23H22F4N6O4/c24-14-8-30-21-19(31-20(32-21)16-9-29-17(34)10-36-16)18(14)11-3-5-33(6-4-11)22(35)13-2-1-12(7-15(13)28)37-23(25,26)27/h1-2,7-8,11,16H,3-6,9-10,28H2,(H,29,34)(H,30,31,32). The van der Waals surface area contributed by atoms with Gasteiger partial charge in [-0.1, -0.05) is 0 Å². The van der Waals surface area contributed by atoms with Gasteiger partial charge in [-0.2, -0.15) is 0 Å². The molecule has 0 bridgehead atoms. The zero-order chi connectivity index (χ0) is 26.3. The fourth-order valence-corrected chi connectivity index (χ4v) is 4.66. The van der Waals surface area contributed by atoms with Crippen LogP contribution in [0.15, 0.2) is 24.4 Å². The number of carbonyl (C=O) groups excluding carboxylic acids is 2. The Balaban J connectivity index is 1.30. The van der Waals surface area contributed by atoms with Crippen molar-refractivity contribution in [3.05, 3.63) is 47.2 Å². The van der Waals surface area contributed by atoms with Gasteiger partial charge in [-0.3, -0.25) is 9.59 Å². The van der Waals surface area contributed by atoms with Crippen LogP contribution in [0.4, 0.5) is 23.2 Å². The molecule has 196 valence electrons. The molecule has 2 aliphatic heterocycles. The second-order valence-corrected chi connectivity index (χ2v) is 8.81. The van der Waals surface area contributed by atoms with Crippen molar-refractivity contribution >= 4 is 28.7 Å². The van der Waals surface area contributed by atoms with Crippen LogP contribution in [0.2, 0.25) is 0 Å². The summed E-state index contributed by atoms with van der Waals surface area (Å²) >= 11 is 0. The number of benzene rings is 1. The molecule has 4 N–H and O–H groups in total. The number of nitrogens with two attached hydrogens (primary N) is 1. The molecule has 2 fully saturated rings. The highest BCUT2D eigenvalue weighted by Gasteiger charge is 2.33. The molecule has 0 radical (unpaired) electrons. The topological polar surface area (TPSA) is 135 Å². The summed E-state index contributed by atoms with van der Waals surface area (Å²) in [7, 11) is 0. The molecule has 2 saturated heterocycles. The van der Waals surface area contributed by atoms with E-state index in [1.807, 2.05) is 0 Å². The summed E-state index contributed by atoms with van der Waals surface area (Å²) in [5.74, 6) is -1.50. The number of alkyl halides is 3. The summed E-state index contributed by atoms with van der Waals surface area (Å²) in [5, 5.41) is 2.69. The predicted octanol–water partition coefficient (Wildman–Crippen LogP) is 2.79. The molecule has 0 saturated carbocycles. The highest BCUT2D eigenvalue weighted by Crippen LogP contribution is 2.35. The molecule has 5 rings (SSSR count). The van der Waals surface area contributed by atoms with E-state index in [-0.39, 0.29) is 49.3 Å². The molecule has 14 heteroatoms. The van der Waals surface area contributed by atoms with Gasteiger partial charge in [-0.05, 0) is 30.9 Å². The lowest BCUT2D eigenvalue weighted by atomic mass is 9.88. The average Bonchev–Trinajstić information content (AvgIpc) is 3.27. The molecule has 4 heterocycles. The van der Waals surface area contributed by atoms with E-state index in [0.717, 1.165) is 18.3 Å². The zero-order valence-corrected chi connectivity index (χ0v) is 19.3. The SMILES string of the molecule is Nc1cc(OC(F)(F)F)ccc1C(=O)N1CCC(c2c(F)cnc3nc(C4CNC(=O)CO4)[nH]c23)CC1. The molecule has 2 aromatic heterocycles. The van der Waals surface area contributed by atoms with Crippen molar-refractivity contribution in [1.29, 1.82) is 0 Å². The van der Waals surface area contributed by atoms with Crippen molar-refractivity contribution in [1.82, 2.24) is 25.2 Å². The Morgan fingerprint density at radius 1 is 1.24 bits per heavy atom. The number of hydrogen-bond acceptors (Lipinski definition) is 7. The van der Waals surface area contributed by atoms with Gasteiger partial charge in [0.05, 0.1) is 23.8 Å². The summed E-state index contributed by atoms with van der Waals surface area (Å²) in [4.78, 5) is 37.4. The summed E-state index contributed by atoms with van der Waals surface area (Å²) in [5.41, 5.74) is 6.91. The van der Waals surface area contributed by atoms with Crippen molar-refractivity contribution < 1.29 is 36.6 Å². The number of nitrogens with zero attached hydrogens (tertiary/aromatic N) is 3. The fourth-order valence-electron chi connectivity index (χ4n) is 4.66. The van der Waals surface area contributed by atoms with Crippen molar-refractivity contribution in [3.63, 3.8) is 0 Å². The van der Waals surface area contributed by atoms with Gasteiger partial charge >= 0.3 is 6.36 Å². The van der Waals surface area contributed by atoms with E-state index in [4.69, 9.17) is 10.5 Å². The number of imidazole rings is 1. The number of ether oxygens (including phenoxy) is 2. The molecule has 1 atom stereocenters. The minimum absolute atomic E-state index is 0.0586.